The molecule has 0 aliphatic rings. The molecule has 0 aliphatic heterocycles. The summed E-state index contributed by atoms with van der Waals surface area (Å²) in [6.07, 6.45) is 10.0. The Bertz CT molecular complexity index is 1160. The molecule has 176 valence electrons. The third-order valence-corrected chi connectivity index (χ3v) is 4.99. The molecule has 0 unspecified atom stereocenters. The number of rotatable bonds is 12. The minimum atomic E-state index is -0.109. The lowest BCUT2D eigenvalue weighted by atomic mass is 10.1. The van der Waals surface area contributed by atoms with Crippen LogP contribution in [0.5, 0.6) is 11.5 Å². The second kappa shape index (κ2) is 12.0. The van der Waals surface area contributed by atoms with Crippen molar-refractivity contribution in [3.8, 4) is 11.5 Å². The van der Waals surface area contributed by atoms with Crippen LogP contribution in [0.15, 0.2) is 106 Å². The summed E-state index contributed by atoms with van der Waals surface area (Å²) >= 11 is 0. The fraction of sp³-hybridized carbons (Fsp3) is 0.103. The zero-order valence-electron chi connectivity index (χ0n) is 19.0. The summed E-state index contributed by atoms with van der Waals surface area (Å²) in [6, 6.07) is 21.1. The Hall–Kier alpha value is -4.58. The molecule has 0 spiro atoms. The summed E-state index contributed by atoms with van der Waals surface area (Å²) in [5.74, 6) is 2.40. The maximum Gasteiger partial charge on any atom is 0.185 e. The van der Waals surface area contributed by atoms with Crippen molar-refractivity contribution in [1.82, 2.24) is 0 Å². The van der Waals surface area contributed by atoms with Gasteiger partial charge in [0, 0.05) is 17.5 Å². The van der Waals surface area contributed by atoms with Crippen LogP contribution in [0.3, 0.4) is 0 Å². The number of ether oxygens (including phenoxy) is 2. The maximum atomic E-state index is 12.2. The van der Waals surface area contributed by atoms with Crippen molar-refractivity contribution in [2.24, 2.45) is 0 Å². The number of hydrogen-bond donors (Lipinski definition) is 0. The van der Waals surface area contributed by atoms with Gasteiger partial charge < -0.3 is 18.3 Å². The van der Waals surface area contributed by atoms with Crippen molar-refractivity contribution < 1.29 is 27.9 Å². The van der Waals surface area contributed by atoms with Crippen LogP contribution < -0.4 is 9.47 Å². The van der Waals surface area contributed by atoms with Crippen molar-refractivity contribution in [3.05, 3.63) is 120 Å². The molecule has 4 rings (SSSR count). The van der Waals surface area contributed by atoms with Gasteiger partial charge in [0.05, 0.1) is 25.7 Å². The second-order valence-corrected chi connectivity index (χ2v) is 7.53. The molecule has 2 aromatic carbocycles. The molecular formula is C29H24O6. The third kappa shape index (κ3) is 7.20. The lowest BCUT2D eigenvalue weighted by Gasteiger charge is -2.08. The minimum Gasteiger partial charge on any atom is -0.493 e. The van der Waals surface area contributed by atoms with Gasteiger partial charge in [0.2, 0.25) is 0 Å². The number of carbonyl (C=O) groups is 2. The first-order valence-corrected chi connectivity index (χ1v) is 11.1. The van der Waals surface area contributed by atoms with Crippen molar-refractivity contribution in [2.75, 3.05) is 13.2 Å². The van der Waals surface area contributed by atoms with Gasteiger partial charge in [0.1, 0.15) is 23.0 Å². The molecule has 4 aromatic rings. The van der Waals surface area contributed by atoms with E-state index in [1.165, 1.54) is 12.2 Å². The Balaban J connectivity index is 1.15. The first-order valence-electron chi connectivity index (χ1n) is 11.1. The highest BCUT2D eigenvalue weighted by molar-refractivity contribution is 6.07. The molecule has 0 fully saturated rings. The third-order valence-electron chi connectivity index (χ3n) is 4.99. The quantitative estimate of drug-likeness (QED) is 0.134. The van der Waals surface area contributed by atoms with E-state index in [0.717, 1.165) is 0 Å². The SMILES string of the molecule is O=C(/C=C/c1ccco1)c1ccc(OCCCOc2ccc(C(=O)/C=C/c3ccco3)cc2)cc1. The van der Waals surface area contributed by atoms with E-state index in [4.69, 9.17) is 18.3 Å². The highest BCUT2D eigenvalue weighted by Crippen LogP contribution is 2.16. The zero-order chi connectivity index (χ0) is 24.3. The largest absolute Gasteiger partial charge is 0.493 e. The van der Waals surface area contributed by atoms with Gasteiger partial charge >= 0.3 is 0 Å². The summed E-state index contributed by atoms with van der Waals surface area (Å²) in [6.45, 7) is 0.944. The van der Waals surface area contributed by atoms with Crippen molar-refractivity contribution in [2.45, 2.75) is 6.42 Å². The number of allylic oxidation sites excluding steroid dienone is 2. The summed E-state index contributed by atoms with van der Waals surface area (Å²) in [7, 11) is 0. The fourth-order valence-corrected chi connectivity index (χ4v) is 3.15. The van der Waals surface area contributed by atoms with E-state index in [1.54, 1.807) is 97.5 Å². The molecule has 0 saturated carbocycles. The van der Waals surface area contributed by atoms with Crippen molar-refractivity contribution in [1.29, 1.82) is 0 Å². The summed E-state index contributed by atoms with van der Waals surface area (Å²) < 4.78 is 21.8. The van der Waals surface area contributed by atoms with Crippen LogP contribution in [0.25, 0.3) is 12.2 Å². The van der Waals surface area contributed by atoms with Gasteiger partial charge in [-0.2, -0.15) is 0 Å². The van der Waals surface area contributed by atoms with Gasteiger partial charge in [-0.05, 0) is 97.1 Å². The average Bonchev–Trinajstić information content (AvgIpc) is 3.61. The Labute approximate surface area is 203 Å². The Morgan fingerprint density at radius 2 is 1.06 bits per heavy atom. The molecule has 2 aromatic heterocycles. The smallest absolute Gasteiger partial charge is 0.185 e. The standard InChI is InChI=1S/C29H24O6/c30-28(16-14-24-4-1-18-32-24)22-6-10-26(11-7-22)34-20-3-21-35-27-12-8-23(9-13-27)29(31)17-15-25-5-2-19-33-25/h1-2,4-19H,3,20-21H2/b16-14+,17-15+. The lowest BCUT2D eigenvalue weighted by molar-refractivity contribution is 0.103. The molecule has 0 aliphatic carbocycles. The number of benzene rings is 2. The van der Waals surface area contributed by atoms with Crippen LogP contribution in [-0.4, -0.2) is 24.8 Å². The number of furan rings is 2. The average molecular weight is 469 g/mol. The van der Waals surface area contributed by atoms with Crippen LogP contribution in [0.2, 0.25) is 0 Å². The molecular weight excluding hydrogens is 444 g/mol. The second-order valence-electron chi connectivity index (χ2n) is 7.53. The first-order chi connectivity index (χ1) is 17.2. The highest BCUT2D eigenvalue weighted by Gasteiger charge is 2.04. The maximum absolute atomic E-state index is 12.2. The fourth-order valence-electron chi connectivity index (χ4n) is 3.15. The van der Waals surface area contributed by atoms with Gasteiger partial charge in [-0.15, -0.1) is 0 Å². The molecule has 6 heteroatoms. The molecule has 35 heavy (non-hydrogen) atoms. The Kier molecular flexibility index (Phi) is 8.11. The van der Waals surface area contributed by atoms with E-state index < -0.39 is 0 Å². The number of hydrogen-bond acceptors (Lipinski definition) is 6. The zero-order valence-corrected chi connectivity index (χ0v) is 19.0. The molecule has 0 saturated heterocycles. The summed E-state index contributed by atoms with van der Waals surface area (Å²) in [5.41, 5.74) is 1.14. The van der Waals surface area contributed by atoms with E-state index >= 15 is 0 Å². The lowest BCUT2D eigenvalue weighted by Crippen LogP contribution is -2.05. The van der Waals surface area contributed by atoms with Crippen LogP contribution in [-0.2, 0) is 0 Å². The minimum absolute atomic E-state index is 0.109. The normalized spacial score (nSPS) is 11.2. The van der Waals surface area contributed by atoms with Crippen molar-refractivity contribution >= 4 is 23.7 Å². The predicted molar refractivity (Wildman–Crippen MR) is 133 cm³/mol. The predicted octanol–water partition coefficient (Wildman–Crippen LogP) is 6.51. The van der Waals surface area contributed by atoms with Crippen LogP contribution in [0.4, 0.5) is 0 Å². The van der Waals surface area contributed by atoms with E-state index in [1.807, 2.05) is 0 Å². The Morgan fingerprint density at radius 1 is 0.629 bits per heavy atom. The van der Waals surface area contributed by atoms with Gasteiger partial charge in [0.15, 0.2) is 11.6 Å². The first kappa shape index (κ1) is 23.6. The summed E-state index contributed by atoms with van der Waals surface area (Å²) in [5, 5.41) is 0. The van der Waals surface area contributed by atoms with Gasteiger partial charge in [-0.1, -0.05) is 0 Å². The van der Waals surface area contributed by atoms with Crippen molar-refractivity contribution in [3.63, 3.8) is 0 Å². The Morgan fingerprint density at radius 3 is 1.43 bits per heavy atom. The van der Waals surface area contributed by atoms with Gasteiger partial charge in [-0.3, -0.25) is 9.59 Å². The molecule has 0 radical (unpaired) electrons. The molecule has 6 nitrogen and oxygen atoms in total. The van der Waals surface area contributed by atoms with E-state index in [2.05, 4.69) is 0 Å². The summed E-state index contributed by atoms with van der Waals surface area (Å²) in [4.78, 5) is 24.4. The van der Waals surface area contributed by atoms with E-state index in [9.17, 15) is 9.59 Å². The molecule has 0 N–H and O–H groups in total. The number of carbonyl (C=O) groups excluding carboxylic acids is 2. The van der Waals surface area contributed by atoms with E-state index in [0.29, 0.717) is 53.8 Å². The van der Waals surface area contributed by atoms with Gasteiger partial charge in [-0.25, -0.2) is 0 Å². The number of ketones is 2. The molecule has 0 bridgehead atoms. The topological polar surface area (TPSA) is 78.9 Å². The molecule has 2 heterocycles. The van der Waals surface area contributed by atoms with Gasteiger partial charge in [0.25, 0.3) is 0 Å². The van der Waals surface area contributed by atoms with Crippen LogP contribution >= 0.6 is 0 Å². The highest BCUT2D eigenvalue weighted by atomic mass is 16.5. The van der Waals surface area contributed by atoms with Crippen LogP contribution in [0.1, 0.15) is 38.7 Å². The van der Waals surface area contributed by atoms with E-state index in [-0.39, 0.29) is 11.6 Å². The van der Waals surface area contributed by atoms with Crippen LogP contribution in [0, 0.1) is 0 Å². The monoisotopic (exact) mass is 468 g/mol. The molecule has 0 amide bonds. The molecule has 0 atom stereocenters.